The summed E-state index contributed by atoms with van der Waals surface area (Å²) in [4.78, 5) is 4.79. The lowest BCUT2D eigenvalue weighted by molar-refractivity contribution is 0.301. The van der Waals surface area contributed by atoms with Crippen molar-refractivity contribution < 1.29 is 9.15 Å². The van der Waals surface area contributed by atoms with Crippen LogP contribution in [0.2, 0.25) is 0 Å². The second-order valence-corrected chi connectivity index (χ2v) is 7.91. The molecule has 0 N–H and O–H groups in total. The molecule has 2 heterocycles. The second kappa shape index (κ2) is 10.2. The fourth-order valence-electron chi connectivity index (χ4n) is 3.79. The van der Waals surface area contributed by atoms with Crippen molar-refractivity contribution in [3.05, 3.63) is 84.4 Å². The Labute approximate surface area is 184 Å². The maximum Gasteiger partial charge on any atom is 0.140 e. The molecule has 2 aromatic carbocycles. The number of aromatic nitrogens is 2. The van der Waals surface area contributed by atoms with E-state index < -0.39 is 0 Å². The molecule has 0 saturated carbocycles. The topological polar surface area (TPSA) is 40.2 Å². The Balaban J connectivity index is 1.52. The third-order valence-corrected chi connectivity index (χ3v) is 5.41. The third-order valence-electron chi connectivity index (χ3n) is 5.41. The summed E-state index contributed by atoms with van der Waals surface area (Å²) in [5.41, 5.74) is 4.32. The number of unbranched alkanes of at least 4 members (excludes halogenated alkanes) is 3. The predicted octanol–water partition coefficient (Wildman–Crippen LogP) is 7.13. The summed E-state index contributed by atoms with van der Waals surface area (Å²) >= 11 is 0. The van der Waals surface area contributed by atoms with E-state index in [0.29, 0.717) is 0 Å². The first kappa shape index (κ1) is 21.0. The van der Waals surface area contributed by atoms with Gasteiger partial charge >= 0.3 is 0 Å². The van der Waals surface area contributed by atoms with E-state index in [2.05, 4.69) is 60.2 Å². The van der Waals surface area contributed by atoms with Crippen LogP contribution in [-0.4, -0.2) is 16.2 Å². The minimum atomic E-state index is 0.723. The molecule has 160 valence electrons. The monoisotopic (exact) mass is 414 g/mol. The number of hydrogen-bond acceptors (Lipinski definition) is 3. The van der Waals surface area contributed by atoms with E-state index in [9.17, 15) is 0 Å². The largest absolute Gasteiger partial charge is 0.493 e. The van der Waals surface area contributed by atoms with Crippen molar-refractivity contribution in [1.29, 1.82) is 0 Å². The zero-order valence-electron chi connectivity index (χ0n) is 18.4. The van der Waals surface area contributed by atoms with Crippen molar-refractivity contribution in [2.24, 2.45) is 0 Å². The first-order valence-electron chi connectivity index (χ1n) is 11.1. The molecule has 0 unspecified atom stereocenters. The number of para-hydroxylation sites is 1. The standard InChI is InChI=1S/C27H30N2O2/c1-3-4-5-8-17-30-26-11-7-6-10-24(26)20-29-19-21(2)28-27(29)23-15-13-22(14-16-23)25-12-9-18-31-25/h6-7,9-16,18-19H,3-5,8,17,20H2,1-2H3. The third kappa shape index (κ3) is 5.26. The van der Waals surface area contributed by atoms with E-state index >= 15 is 0 Å². The first-order valence-corrected chi connectivity index (χ1v) is 11.1. The molecule has 0 amide bonds. The molecule has 2 aromatic heterocycles. The molecule has 0 aliphatic rings. The van der Waals surface area contributed by atoms with Crippen LogP contribution >= 0.6 is 0 Å². The number of rotatable bonds is 10. The van der Waals surface area contributed by atoms with E-state index in [4.69, 9.17) is 14.1 Å². The molecule has 0 bridgehead atoms. The van der Waals surface area contributed by atoms with Crippen molar-refractivity contribution in [2.45, 2.75) is 46.1 Å². The van der Waals surface area contributed by atoms with E-state index in [1.54, 1.807) is 6.26 Å². The highest BCUT2D eigenvalue weighted by Gasteiger charge is 2.12. The van der Waals surface area contributed by atoms with Crippen molar-refractivity contribution >= 4 is 0 Å². The lowest BCUT2D eigenvalue weighted by atomic mass is 10.1. The Hall–Kier alpha value is -3.27. The van der Waals surface area contributed by atoms with Crippen LogP contribution in [0.3, 0.4) is 0 Å². The molecule has 0 fully saturated rings. The van der Waals surface area contributed by atoms with Gasteiger partial charge in [-0.2, -0.15) is 0 Å². The summed E-state index contributed by atoms with van der Waals surface area (Å²) in [6, 6.07) is 20.6. The maximum absolute atomic E-state index is 6.12. The van der Waals surface area contributed by atoms with Crippen LogP contribution in [0.15, 0.2) is 77.5 Å². The van der Waals surface area contributed by atoms with Crippen LogP contribution in [-0.2, 0) is 6.54 Å². The second-order valence-electron chi connectivity index (χ2n) is 7.91. The molecular weight excluding hydrogens is 384 g/mol. The van der Waals surface area contributed by atoms with E-state index in [1.807, 2.05) is 25.1 Å². The average Bonchev–Trinajstić information content (AvgIpc) is 3.45. The van der Waals surface area contributed by atoms with Gasteiger partial charge in [0.25, 0.3) is 0 Å². The Morgan fingerprint density at radius 1 is 0.903 bits per heavy atom. The van der Waals surface area contributed by atoms with Gasteiger partial charge in [0.15, 0.2) is 0 Å². The van der Waals surface area contributed by atoms with E-state index in [-0.39, 0.29) is 0 Å². The van der Waals surface area contributed by atoms with Crippen molar-refractivity contribution in [1.82, 2.24) is 9.55 Å². The van der Waals surface area contributed by atoms with Crippen LogP contribution in [0.4, 0.5) is 0 Å². The minimum Gasteiger partial charge on any atom is -0.493 e. The molecular formula is C27H30N2O2. The molecule has 0 radical (unpaired) electrons. The van der Waals surface area contributed by atoms with Crippen LogP contribution in [0.5, 0.6) is 5.75 Å². The summed E-state index contributed by atoms with van der Waals surface area (Å²) in [6.45, 7) is 5.75. The van der Waals surface area contributed by atoms with Gasteiger partial charge < -0.3 is 13.7 Å². The lowest BCUT2D eigenvalue weighted by Gasteiger charge is -2.14. The molecule has 31 heavy (non-hydrogen) atoms. The summed E-state index contributed by atoms with van der Waals surface area (Å²) in [6.07, 6.45) is 8.62. The summed E-state index contributed by atoms with van der Waals surface area (Å²) in [5.74, 6) is 2.79. The van der Waals surface area contributed by atoms with Gasteiger partial charge in [0.1, 0.15) is 17.3 Å². The zero-order valence-corrected chi connectivity index (χ0v) is 18.4. The highest BCUT2D eigenvalue weighted by Crippen LogP contribution is 2.27. The zero-order chi connectivity index (χ0) is 21.5. The van der Waals surface area contributed by atoms with Crippen molar-refractivity contribution in [3.8, 4) is 28.5 Å². The number of furan rings is 1. The van der Waals surface area contributed by atoms with Gasteiger partial charge in [0.2, 0.25) is 0 Å². The van der Waals surface area contributed by atoms with E-state index in [1.165, 1.54) is 24.8 Å². The molecule has 4 rings (SSSR count). The number of aryl methyl sites for hydroxylation is 1. The molecule has 0 atom stereocenters. The highest BCUT2D eigenvalue weighted by molar-refractivity contribution is 5.64. The number of ether oxygens (including phenoxy) is 1. The van der Waals surface area contributed by atoms with Crippen LogP contribution in [0.1, 0.15) is 43.9 Å². The summed E-state index contributed by atoms with van der Waals surface area (Å²) in [5, 5.41) is 0. The highest BCUT2D eigenvalue weighted by atomic mass is 16.5. The van der Waals surface area contributed by atoms with Gasteiger partial charge in [-0.3, -0.25) is 0 Å². The Kier molecular flexibility index (Phi) is 6.88. The number of imidazole rings is 1. The molecule has 0 saturated heterocycles. The lowest BCUT2D eigenvalue weighted by Crippen LogP contribution is -2.05. The summed E-state index contributed by atoms with van der Waals surface area (Å²) in [7, 11) is 0. The maximum atomic E-state index is 6.12. The molecule has 4 nitrogen and oxygen atoms in total. The normalized spacial score (nSPS) is 11.0. The van der Waals surface area contributed by atoms with E-state index in [0.717, 1.165) is 53.7 Å². The Morgan fingerprint density at radius 2 is 1.71 bits per heavy atom. The molecule has 0 aliphatic heterocycles. The number of benzene rings is 2. The van der Waals surface area contributed by atoms with Crippen molar-refractivity contribution in [3.63, 3.8) is 0 Å². The molecule has 0 aliphatic carbocycles. The van der Waals surface area contributed by atoms with Gasteiger partial charge in [-0.15, -0.1) is 0 Å². The first-order chi connectivity index (χ1) is 15.2. The van der Waals surface area contributed by atoms with Gasteiger partial charge in [-0.25, -0.2) is 4.98 Å². The van der Waals surface area contributed by atoms with Gasteiger partial charge in [-0.05, 0) is 31.5 Å². The Morgan fingerprint density at radius 3 is 2.48 bits per heavy atom. The number of hydrogen-bond donors (Lipinski definition) is 0. The smallest absolute Gasteiger partial charge is 0.140 e. The van der Waals surface area contributed by atoms with Crippen LogP contribution in [0, 0.1) is 6.92 Å². The predicted molar refractivity (Wildman–Crippen MR) is 125 cm³/mol. The molecule has 4 heteroatoms. The average molecular weight is 415 g/mol. The van der Waals surface area contributed by atoms with Gasteiger partial charge in [0.05, 0.1) is 25.1 Å². The molecule has 4 aromatic rings. The number of nitrogens with zero attached hydrogens (tertiary/aromatic N) is 2. The Bertz CT molecular complexity index is 1080. The van der Waals surface area contributed by atoms with Crippen LogP contribution < -0.4 is 4.74 Å². The molecule has 0 spiro atoms. The SMILES string of the molecule is CCCCCCOc1ccccc1Cn1cc(C)nc1-c1ccc(-c2ccco2)cc1. The minimum absolute atomic E-state index is 0.723. The fourth-order valence-corrected chi connectivity index (χ4v) is 3.79. The quantitative estimate of drug-likeness (QED) is 0.259. The summed E-state index contributed by atoms with van der Waals surface area (Å²) < 4.78 is 13.8. The van der Waals surface area contributed by atoms with Crippen LogP contribution in [0.25, 0.3) is 22.7 Å². The fraction of sp³-hybridized carbons (Fsp3) is 0.296. The van der Waals surface area contributed by atoms with Gasteiger partial charge in [-0.1, -0.05) is 68.7 Å². The van der Waals surface area contributed by atoms with Crippen molar-refractivity contribution in [2.75, 3.05) is 6.61 Å². The van der Waals surface area contributed by atoms with Gasteiger partial charge in [0, 0.05) is 22.9 Å².